The topological polar surface area (TPSA) is 83.8 Å². The molecule has 2 aliphatic rings. The lowest BCUT2D eigenvalue weighted by Crippen LogP contribution is -2.22. The highest BCUT2D eigenvalue weighted by molar-refractivity contribution is 5.55. The van der Waals surface area contributed by atoms with Crippen LogP contribution in [0.4, 0.5) is 11.9 Å². The molecule has 2 saturated heterocycles. The smallest absolute Gasteiger partial charge is 0.245 e. The molecular weight excluding hydrogens is 280 g/mol. The van der Waals surface area contributed by atoms with E-state index in [4.69, 9.17) is 0 Å². The summed E-state index contributed by atoms with van der Waals surface area (Å²) in [6, 6.07) is 0. The van der Waals surface area contributed by atoms with Gasteiger partial charge in [0.25, 0.3) is 0 Å². The summed E-state index contributed by atoms with van der Waals surface area (Å²) in [6.45, 7) is 3.97. The first-order chi connectivity index (χ1) is 10.9. The fraction of sp³-hybridized carbons (Fsp3) is 0.571. The molecule has 0 aromatic carbocycles. The highest BCUT2D eigenvalue weighted by atomic mass is 15.3. The van der Waals surface area contributed by atoms with Crippen LogP contribution in [-0.2, 0) is 0 Å². The Labute approximate surface area is 128 Å². The number of anilines is 2. The third-order valence-electron chi connectivity index (χ3n) is 4.14. The Kier molecular flexibility index (Phi) is 3.49. The average Bonchev–Trinajstić information content (AvgIpc) is 3.29. The van der Waals surface area contributed by atoms with E-state index in [9.17, 15) is 0 Å². The van der Waals surface area contributed by atoms with Gasteiger partial charge in [-0.1, -0.05) is 0 Å². The van der Waals surface area contributed by atoms with E-state index in [0.717, 1.165) is 26.2 Å². The zero-order valence-corrected chi connectivity index (χ0v) is 12.4. The molecule has 4 rings (SSSR count). The average molecular weight is 298 g/mol. The monoisotopic (exact) mass is 298 g/mol. The normalized spacial score (nSPS) is 18.2. The number of hydrogen-bond acceptors (Lipinski definition) is 8. The molecule has 8 heteroatoms. The molecule has 114 valence electrons. The summed E-state index contributed by atoms with van der Waals surface area (Å²) in [6.07, 6.45) is 8.00. The largest absolute Gasteiger partial charge is 0.340 e. The van der Waals surface area contributed by atoms with E-state index >= 15 is 0 Å². The van der Waals surface area contributed by atoms with E-state index < -0.39 is 0 Å². The van der Waals surface area contributed by atoms with Crippen LogP contribution in [0.25, 0.3) is 11.4 Å². The summed E-state index contributed by atoms with van der Waals surface area (Å²) < 4.78 is 0. The molecule has 2 aromatic rings. The van der Waals surface area contributed by atoms with E-state index in [-0.39, 0.29) is 0 Å². The molecule has 0 atom stereocenters. The predicted molar refractivity (Wildman–Crippen MR) is 81.5 cm³/mol. The zero-order valence-electron chi connectivity index (χ0n) is 12.4. The van der Waals surface area contributed by atoms with Crippen molar-refractivity contribution in [3.05, 3.63) is 12.4 Å². The number of hydrogen-bond donors (Lipinski definition) is 0. The highest BCUT2D eigenvalue weighted by Gasteiger charge is 2.18. The van der Waals surface area contributed by atoms with Crippen LogP contribution >= 0.6 is 0 Å². The Bertz CT molecular complexity index is 591. The first-order valence-electron chi connectivity index (χ1n) is 7.80. The van der Waals surface area contributed by atoms with Crippen LogP contribution in [-0.4, -0.2) is 56.5 Å². The van der Waals surface area contributed by atoms with Gasteiger partial charge in [-0.05, 0) is 25.7 Å². The lowest BCUT2D eigenvalue weighted by atomic mass is 10.3. The van der Waals surface area contributed by atoms with Crippen LogP contribution in [0, 0.1) is 0 Å². The van der Waals surface area contributed by atoms with Crippen molar-refractivity contribution in [3.63, 3.8) is 0 Å². The molecule has 2 aromatic heterocycles. The van der Waals surface area contributed by atoms with Crippen LogP contribution in [0.15, 0.2) is 12.4 Å². The fourth-order valence-electron chi connectivity index (χ4n) is 2.94. The summed E-state index contributed by atoms with van der Waals surface area (Å²) in [7, 11) is 0. The van der Waals surface area contributed by atoms with Crippen LogP contribution in [0.5, 0.6) is 0 Å². The molecule has 0 saturated carbocycles. The minimum Gasteiger partial charge on any atom is -0.340 e. The predicted octanol–water partition coefficient (Wildman–Crippen LogP) is 0.924. The second-order valence-corrected chi connectivity index (χ2v) is 5.67. The van der Waals surface area contributed by atoms with Crippen LogP contribution in [0.3, 0.4) is 0 Å². The Morgan fingerprint density at radius 3 is 1.45 bits per heavy atom. The number of rotatable bonds is 3. The minimum atomic E-state index is 0.677. The van der Waals surface area contributed by atoms with Crippen LogP contribution in [0.1, 0.15) is 25.7 Å². The molecule has 8 nitrogen and oxygen atoms in total. The van der Waals surface area contributed by atoms with Crippen molar-refractivity contribution in [2.24, 2.45) is 0 Å². The third-order valence-corrected chi connectivity index (χ3v) is 4.14. The molecule has 0 spiro atoms. The first kappa shape index (κ1) is 13.3. The van der Waals surface area contributed by atoms with Gasteiger partial charge in [0.2, 0.25) is 11.9 Å². The zero-order chi connectivity index (χ0) is 14.8. The standard InChI is InChI=1S/C14H18N8/c1-2-6-21(5-1)13-17-11(9-15-19-13)12-10-16-20-14(18-12)22-7-3-4-8-22/h9-10H,1-8H2. The molecule has 0 bridgehead atoms. The SMILES string of the molecule is c1nnc(N2CCCC2)nc1-c1cnnc(N2CCCC2)n1. The molecule has 2 fully saturated rings. The second kappa shape index (κ2) is 5.78. The molecule has 0 N–H and O–H groups in total. The van der Waals surface area contributed by atoms with E-state index in [1.807, 2.05) is 0 Å². The molecule has 0 amide bonds. The van der Waals surface area contributed by atoms with E-state index in [2.05, 4.69) is 40.2 Å². The summed E-state index contributed by atoms with van der Waals surface area (Å²) in [4.78, 5) is 13.5. The maximum Gasteiger partial charge on any atom is 0.245 e. The molecule has 2 aliphatic heterocycles. The van der Waals surface area contributed by atoms with Gasteiger partial charge in [0.15, 0.2) is 0 Å². The molecule has 22 heavy (non-hydrogen) atoms. The van der Waals surface area contributed by atoms with Crippen molar-refractivity contribution in [2.45, 2.75) is 25.7 Å². The number of aromatic nitrogens is 6. The van der Waals surface area contributed by atoms with Gasteiger partial charge in [-0.3, -0.25) is 0 Å². The summed E-state index contributed by atoms with van der Waals surface area (Å²) >= 11 is 0. The lowest BCUT2D eigenvalue weighted by molar-refractivity contribution is 0.837. The minimum absolute atomic E-state index is 0.677. The van der Waals surface area contributed by atoms with Crippen molar-refractivity contribution in [2.75, 3.05) is 36.0 Å². The van der Waals surface area contributed by atoms with Gasteiger partial charge < -0.3 is 9.80 Å². The van der Waals surface area contributed by atoms with Crippen molar-refractivity contribution < 1.29 is 0 Å². The third kappa shape index (κ3) is 2.56. The lowest BCUT2D eigenvalue weighted by Gasteiger charge is -2.15. The van der Waals surface area contributed by atoms with Gasteiger partial charge in [0, 0.05) is 26.2 Å². The van der Waals surface area contributed by atoms with Gasteiger partial charge in [-0.2, -0.15) is 10.2 Å². The maximum atomic E-state index is 4.60. The van der Waals surface area contributed by atoms with Crippen LogP contribution < -0.4 is 9.80 Å². The van der Waals surface area contributed by atoms with Crippen molar-refractivity contribution in [3.8, 4) is 11.4 Å². The van der Waals surface area contributed by atoms with E-state index in [0.29, 0.717) is 23.3 Å². The van der Waals surface area contributed by atoms with E-state index in [1.54, 1.807) is 12.4 Å². The van der Waals surface area contributed by atoms with E-state index in [1.165, 1.54) is 25.7 Å². The Morgan fingerprint density at radius 2 is 1.05 bits per heavy atom. The van der Waals surface area contributed by atoms with Crippen LogP contribution in [0.2, 0.25) is 0 Å². The summed E-state index contributed by atoms with van der Waals surface area (Å²) in [5, 5.41) is 16.4. The fourth-order valence-corrected chi connectivity index (χ4v) is 2.94. The quantitative estimate of drug-likeness (QED) is 0.827. The van der Waals surface area contributed by atoms with Gasteiger partial charge in [-0.25, -0.2) is 9.97 Å². The van der Waals surface area contributed by atoms with Crippen molar-refractivity contribution in [1.29, 1.82) is 0 Å². The Hall–Kier alpha value is -2.38. The van der Waals surface area contributed by atoms with Gasteiger partial charge in [0.1, 0.15) is 11.4 Å². The molecule has 0 unspecified atom stereocenters. The number of nitrogens with zero attached hydrogens (tertiary/aromatic N) is 8. The molecule has 0 radical (unpaired) electrons. The van der Waals surface area contributed by atoms with Crippen molar-refractivity contribution >= 4 is 11.9 Å². The van der Waals surface area contributed by atoms with Gasteiger partial charge in [-0.15, -0.1) is 10.2 Å². The highest BCUT2D eigenvalue weighted by Crippen LogP contribution is 2.21. The first-order valence-corrected chi connectivity index (χ1v) is 7.80. The Morgan fingerprint density at radius 1 is 0.636 bits per heavy atom. The molecule has 0 aliphatic carbocycles. The van der Waals surface area contributed by atoms with Gasteiger partial charge in [0.05, 0.1) is 12.4 Å². The van der Waals surface area contributed by atoms with Gasteiger partial charge >= 0.3 is 0 Å². The summed E-state index contributed by atoms with van der Waals surface area (Å²) in [5.74, 6) is 1.35. The van der Waals surface area contributed by atoms with Crippen molar-refractivity contribution in [1.82, 2.24) is 30.4 Å². The molecule has 4 heterocycles. The Balaban J connectivity index is 1.63. The maximum absolute atomic E-state index is 4.60. The second-order valence-electron chi connectivity index (χ2n) is 5.67. The molecular formula is C14H18N8. The summed E-state index contributed by atoms with van der Waals surface area (Å²) in [5.41, 5.74) is 1.40.